The molecule has 0 aliphatic carbocycles. The average molecular weight is 294 g/mol. The average Bonchev–Trinajstić information content (AvgIpc) is 3.01. The highest BCUT2D eigenvalue weighted by molar-refractivity contribution is 5.89. The van der Waals surface area contributed by atoms with E-state index >= 15 is 0 Å². The molecule has 0 aliphatic heterocycles. The Morgan fingerprint density at radius 1 is 1.14 bits per heavy atom. The van der Waals surface area contributed by atoms with E-state index in [2.05, 4.69) is 10.1 Å². The van der Waals surface area contributed by atoms with E-state index < -0.39 is 5.91 Å². The Bertz CT molecular complexity index is 812. The summed E-state index contributed by atoms with van der Waals surface area (Å²) in [5, 5.41) is 4.20. The highest BCUT2D eigenvalue weighted by Crippen LogP contribution is 2.24. The van der Waals surface area contributed by atoms with Crippen molar-refractivity contribution in [1.29, 1.82) is 0 Å². The molecule has 0 unspecified atom stereocenters. The van der Waals surface area contributed by atoms with Crippen LogP contribution in [0.3, 0.4) is 0 Å². The first-order valence-corrected chi connectivity index (χ1v) is 6.66. The molecule has 0 bridgehead atoms. The van der Waals surface area contributed by atoms with E-state index in [4.69, 9.17) is 10.5 Å². The molecule has 6 heteroatoms. The predicted octanol–water partition coefficient (Wildman–Crippen LogP) is 2.04. The molecule has 0 fully saturated rings. The van der Waals surface area contributed by atoms with E-state index in [9.17, 15) is 4.79 Å². The van der Waals surface area contributed by atoms with E-state index in [1.807, 2.05) is 54.6 Å². The third kappa shape index (κ3) is 2.54. The molecule has 22 heavy (non-hydrogen) atoms. The van der Waals surface area contributed by atoms with Gasteiger partial charge >= 0.3 is 0 Å². The highest BCUT2D eigenvalue weighted by Gasteiger charge is 2.17. The van der Waals surface area contributed by atoms with Gasteiger partial charge in [0.1, 0.15) is 5.75 Å². The van der Waals surface area contributed by atoms with Crippen molar-refractivity contribution in [3.8, 4) is 22.8 Å². The van der Waals surface area contributed by atoms with E-state index in [0.717, 1.165) is 11.3 Å². The van der Waals surface area contributed by atoms with Gasteiger partial charge in [-0.3, -0.25) is 4.79 Å². The number of carbonyl (C=O) groups is 1. The van der Waals surface area contributed by atoms with Gasteiger partial charge in [0.2, 0.25) is 5.82 Å². The van der Waals surface area contributed by atoms with Crippen LogP contribution in [0, 0.1) is 0 Å². The zero-order valence-corrected chi connectivity index (χ0v) is 11.9. The number of para-hydroxylation sites is 1. The summed E-state index contributed by atoms with van der Waals surface area (Å²) in [4.78, 5) is 15.7. The quantitative estimate of drug-likeness (QED) is 0.798. The van der Waals surface area contributed by atoms with Crippen molar-refractivity contribution in [3.63, 3.8) is 0 Å². The molecule has 0 spiro atoms. The van der Waals surface area contributed by atoms with Crippen molar-refractivity contribution < 1.29 is 9.53 Å². The first kappa shape index (κ1) is 13.8. The standard InChI is InChI=1S/C16H14N4O2/c1-22-13-9-5-6-11(10-13)16-18-15(14(17)21)19-20(16)12-7-3-2-4-8-12/h2-10H,1H3,(H2,17,21). The molecule has 0 aliphatic rings. The Morgan fingerprint density at radius 2 is 1.91 bits per heavy atom. The summed E-state index contributed by atoms with van der Waals surface area (Å²) in [6.07, 6.45) is 0. The summed E-state index contributed by atoms with van der Waals surface area (Å²) in [7, 11) is 1.59. The van der Waals surface area contributed by atoms with Gasteiger partial charge in [-0.05, 0) is 24.3 Å². The maximum Gasteiger partial charge on any atom is 0.288 e. The maximum absolute atomic E-state index is 11.4. The second kappa shape index (κ2) is 5.69. The summed E-state index contributed by atoms with van der Waals surface area (Å²) in [5.41, 5.74) is 6.88. The molecule has 1 amide bonds. The van der Waals surface area contributed by atoms with Gasteiger partial charge in [-0.25, -0.2) is 9.67 Å². The lowest BCUT2D eigenvalue weighted by molar-refractivity contribution is 0.0990. The lowest BCUT2D eigenvalue weighted by Crippen LogP contribution is -2.13. The van der Waals surface area contributed by atoms with Crippen LogP contribution in [-0.2, 0) is 0 Å². The monoisotopic (exact) mass is 294 g/mol. The molecule has 2 aromatic carbocycles. The number of primary amides is 1. The van der Waals surface area contributed by atoms with Gasteiger partial charge in [0.05, 0.1) is 12.8 Å². The third-order valence-electron chi connectivity index (χ3n) is 3.16. The largest absolute Gasteiger partial charge is 0.497 e. The number of benzene rings is 2. The SMILES string of the molecule is COc1cccc(-c2nc(C(N)=O)nn2-c2ccccc2)c1. The molecule has 0 radical (unpaired) electrons. The lowest BCUT2D eigenvalue weighted by atomic mass is 10.2. The van der Waals surface area contributed by atoms with Crippen LogP contribution in [0.15, 0.2) is 54.6 Å². The van der Waals surface area contributed by atoms with Crippen LogP contribution in [0.1, 0.15) is 10.6 Å². The number of hydrogen-bond acceptors (Lipinski definition) is 4. The first-order chi connectivity index (χ1) is 10.7. The topological polar surface area (TPSA) is 83.0 Å². The van der Waals surface area contributed by atoms with Gasteiger partial charge in [0, 0.05) is 5.56 Å². The molecular weight excluding hydrogens is 280 g/mol. The number of amides is 1. The Hall–Kier alpha value is -3.15. The van der Waals surface area contributed by atoms with Crippen molar-refractivity contribution in [3.05, 3.63) is 60.4 Å². The minimum atomic E-state index is -0.668. The zero-order chi connectivity index (χ0) is 15.5. The number of ether oxygens (including phenoxy) is 1. The van der Waals surface area contributed by atoms with E-state index in [1.165, 1.54) is 0 Å². The molecule has 2 N–H and O–H groups in total. The number of nitrogens with two attached hydrogens (primary N) is 1. The maximum atomic E-state index is 11.4. The molecule has 110 valence electrons. The van der Waals surface area contributed by atoms with Gasteiger partial charge in [-0.1, -0.05) is 30.3 Å². The number of carbonyl (C=O) groups excluding carboxylic acids is 1. The van der Waals surface area contributed by atoms with Gasteiger partial charge < -0.3 is 10.5 Å². The normalized spacial score (nSPS) is 10.4. The second-order valence-electron chi connectivity index (χ2n) is 4.60. The van der Waals surface area contributed by atoms with Gasteiger partial charge in [0.15, 0.2) is 5.82 Å². The zero-order valence-electron chi connectivity index (χ0n) is 11.9. The van der Waals surface area contributed by atoms with Crippen LogP contribution in [-0.4, -0.2) is 27.8 Å². The van der Waals surface area contributed by atoms with Crippen molar-refractivity contribution in [2.75, 3.05) is 7.11 Å². The molecule has 0 saturated heterocycles. The van der Waals surface area contributed by atoms with Crippen LogP contribution >= 0.6 is 0 Å². The molecule has 3 rings (SSSR count). The smallest absolute Gasteiger partial charge is 0.288 e. The van der Waals surface area contributed by atoms with E-state index in [1.54, 1.807) is 11.8 Å². The van der Waals surface area contributed by atoms with Crippen LogP contribution in [0.25, 0.3) is 17.1 Å². The van der Waals surface area contributed by atoms with Crippen molar-refractivity contribution in [1.82, 2.24) is 14.8 Å². The number of aromatic nitrogens is 3. The van der Waals surface area contributed by atoms with E-state index in [0.29, 0.717) is 11.6 Å². The number of hydrogen-bond donors (Lipinski definition) is 1. The van der Waals surface area contributed by atoms with Gasteiger partial charge in [0.25, 0.3) is 5.91 Å². The van der Waals surface area contributed by atoms with E-state index in [-0.39, 0.29) is 5.82 Å². The van der Waals surface area contributed by atoms with Crippen molar-refractivity contribution >= 4 is 5.91 Å². The summed E-state index contributed by atoms with van der Waals surface area (Å²) in [6, 6.07) is 16.8. The Balaban J connectivity index is 2.19. The van der Waals surface area contributed by atoms with Crippen LogP contribution < -0.4 is 10.5 Å². The Morgan fingerprint density at radius 3 is 2.59 bits per heavy atom. The minimum absolute atomic E-state index is 0.0262. The molecule has 6 nitrogen and oxygen atoms in total. The van der Waals surface area contributed by atoms with Crippen LogP contribution in [0.4, 0.5) is 0 Å². The molecule has 0 saturated carbocycles. The highest BCUT2D eigenvalue weighted by atomic mass is 16.5. The van der Waals surface area contributed by atoms with Gasteiger partial charge in [-0.15, -0.1) is 5.10 Å². The molecule has 1 heterocycles. The second-order valence-corrected chi connectivity index (χ2v) is 4.60. The summed E-state index contributed by atoms with van der Waals surface area (Å²) < 4.78 is 6.82. The Kier molecular flexibility index (Phi) is 3.57. The fourth-order valence-corrected chi connectivity index (χ4v) is 2.11. The predicted molar refractivity (Wildman–Crippen MR) is 81.9 cm³/mol. The van der Waals surface area contributed by atoms with Crippen LogP contribution in [0.5, 0.6) is 5.75 Å². The number of rotatable bonds is 4. The van der Waals surface area contributed by atoms with Gasteiger partial charge in [-0.2, -0.15) is 0 Å². The third-order valence-corrected chi connectivity index (χ3v) is 3.16. The molecule has 1 aromatic heterocycles. The summed E-state index contributed by atoms with van der Waals surface area (Å²) >= 11 is 0. The number of methoxy groups -OCH3 is 1. The van der Waals surface area contributed by atoms with Crippen LogP contribution in [0.2, 0.25) is 0 Å². The fourth-order valence-electron chi connectivity index (χ4n) is 2.11. The van der Waals surface area contributed by atoms with Crippen molar-refractivity contribution in [2.45, 2.75) is 0 Å². The van der Waals surface area contributed by atoms with Crippen molar-refractivity contribution in [2.24, 2.45) is 5.73 Å². The summed E-state index contributed by atoms with van der Waals surface area (Å²) in [5.74, 6) is 0.528. The Labute approximate surface area is 127 Å². The minimum Gasteiger partial charge on any atom is -0.497 e. The molecule has 0 atom stereocenters. The first-order valence-electron chi connectivity index (χ1n) is 6.66. The number of nitrogens with zero attached hydrogens (tertiary/aromatic N) is 3. The molecule has 3 aromatic rings. The molecular formula is C16H14N4O2. The fraction of sp³-hybridized carbons (Fsp3) is 0.0625. The summed E-state index contributed by atoms with van der Waals surface area (Å²) in [6.45, 7) is 0. The lowest BCUT2D eigenvalue weighted by Gasteiger charge is -2.07.